The summed E-state index contributed by atoms with van der Waals surface area (Å²) in [5, 5.41) is 5.95. The average Bonchev–Trinajstić information content (AvgIpc) is 2.47. The fourth-order valence-corrected chi connectivity index (χ4v) is 2.77. The van der Waals surface area contributed by atoms with Gasteiger partial charge in [0.05, 0.1) is 0 Å². The van der Waals surface area contributed by atoms with E-state index >= 15 is 0 Å². The van der Waals surface area contributed by atoms with Crippen molar-refractivity contribution in [1.82, 2.24) is 10.2 Å². The highest BCUT2D eigenvalue weighted by Gasteiger charge is 2.14. The van der Waals surface area contributed by atoms with Gasteiger partial charge in [0, 0.05) is 32.2 Å². The molecule has 1 atom stereocenters. The van der Waals surface area contributed by atoms with Crippen molar-refractivity contribution in [2.45, 2.75) is 13.0 Å². The summed E-state index contributed by atoms with van der Waals surface area (Å²) < 4.78 is 5.89. The fourth-order valence-electron chi connectivity index (χ4n) is 2.77. The lowest BCUT2D eigenvalue weighted by atomic mass is 10.1. The number of nitrogens with zero attached hydrogens (tertiary/aromatic N) is 1. The second kappa shape index (κ2) is 7.64. The molecule has 1 aliphatic rings. The van der Waals surface area contributed by atoms with E-state index in [-0.39, 0.29) is 12.4 Å². The largest absolute Gasteiger partial charge is 0.492 e. The summed E-state index contributed by atoms with van der Waals surface area (Å²) in [6, 6.07) is 15.3. The molecule has 0 saturated carbocycles. The molecule has 0 aromatic heterocycles. The monoisotopic (exact) mass is 306 g/mol. The average molecular weight is 307 g/mol. The van der Waals surface area contributed by atoms with Gasteiger partial charge in [-0.05, 0) is 29.8 Å². The third-order valence-electron chi connectivity index (χ3n) is 3.85. The Morgan fingerprint density at radius 2 is 2.00 bits per heavy atom. The molecule has 0 aliphatic carbocycles. The molecule has 1 aliphatic heterocycles. The summed E-state index contributed by atoms with van der Waals surface area (Å²) in [7, 11) is 0. The predicted molar refractivity (Wildman–Crippen MR) is 90.6 cm³/mol. The van der Waals surface area contributed by atoms with E-state index in [9.17, 15) is 0 Å². The van der Waals surface area contributed by atoms with Crippen molar-refractivity contribution in [2.75, 3.05) is 32.8 Å². The third-order valence-corrected chi connectivity index (χ3v) is 3.85. The molecular formula is C17H23ClN2O. The van der Waals surface area contributed by atoms with Crippen LogP contribution in [0.1, 0.15) is 6.92 Å². The molecule has 0 spiro atoms. The summed E-state index contributed by atoms with van der Waals surface area (Å²) in [4.78, 5) is 2.46. The van der Waals surface area contributed by atoms with E-state index in [1.54, 1.807) is 0 Å². The Labute approximate surface area is 132 Å². The van der Waals surface area contributed by atoms with E-state index in [0.717, 1.165) is 38.5 Å². The normalized spacial score (nSPS) is 19.2. The number of piperazine rings is 1. The molecule has 21 heavy (non-hydrogen) atoms. The van der Waals surface area contributed by atoms with Gasteiger partial charge in [-0.25, -0.2) is 0 Å². The van der Waals surface area contributed by atoms with Gasteiger partial charge in [0.2, 0.25) is 0 Å². The van der Waals surface area contributed by atoms with Crippen molar-refractivity contribution in [2.24, 2.45) is 0 Å². The van der Waals surface area contributed by atoms with E-state index in [1.807, 2.05) is 0 Å². The summed E-state index contributed by atoms with van der Waals surface area (Å²) in [5.74, 6) is 0.965. The zero-order valence-corrected chi connectivity index (χ0v) is 13.2. The molecule has 114 valence electrons. The molecular weight excluding hydrogens is 284 g/mol. The van der Waals surface area contributed by atoms with Crippen LogP contribution in [0.25, 0.3) is 10.8 Å². The first kappa shape index (κ1) is 16.1. The van der Waals surface area contributed by atoms with Crippen molar-refractivity contribution < 1.29 is 4.74 Å². The Bertz CT molecular complexity index is 575. The van der Waals surface area contributed by atoms with Crippen LogP contribution in [-0.4, -0.2) is 43.7 Å². The molecule has 3 rings (SSSR count). The molecule has 2 aromatic carbocycles. The lowest BCUT2D eigenvalue weighted by Crippen LogP contribution is -2.50. The first-order valence-electron chi connectivity index (χ1n) is 7.38. The van der Waals surface area contributed by atoms with Crippen molar-refractivity contribution in [1.29, 1.82) is 0 Å². The Balaban J connectivity index is 0.00000161. The zero-order chi connectivity index (χ0) is 13.8. The van der Waals surface area contributed by atoms with Gasteiger partial charge >= 0.3 is 0 Å². The molecule has 3 nitrogen and oxygen atoms in total. The van der Waals surface area contributed by atoms with Crippen molar-refractivity contribution in [3.63, 3.8) is 0 Å². The molecule has 1 fully saturated rings. The summed E-state index contributed by atoms with van der Waals surface area (Å²) in [6.45, 7) is 7.30. The van der Waals surface area contributed by atoms with E-state index in [0.29, 0.717) is 6.04 Å². The van der Waals surface area contributed by atoms with Gasteiger partial charge in [0.25, 0.3) is 0 Å². The van der Waals surface area contributed by atoms with E-state index in [1.165, 1.54) is 10.8 Å². The number of benzene rings is 2. The maximum atomic E-state index is 5.89. The number of nitrogens with one attached hydrogen (secondary N) is 1. The van der Waals surface area contributed by atoms with Crippen LogP contribution in [-0.2, 0) is 0 Å². The highest BCUT2D eigenvalue weighted by molar-refractivity contribution is 5.85. The minimum atomic E-state index is 0. The van der Waals surface area contributed by atoms with Crippen molar-refractivity contribution >= 4 is 23.2 Å². The molecule has 2 aromatic rings. The minimum Gasteiger partial charge on any atom is -0.492 e. The lowest BCUT2D eigenvalue weighted by molar-refractivity contribution is 0.170. The summed E-state index contributed by atoms with van der Waals surface area (Å²) in [5.41, 5.74) is 0. The topological polar surface area (TPSA) is 24.5 Å². The van der Waals surface area contributed by atoms with Crippen LogP contribution in [0.3, 0.4) is 0 Å². The molecule has 1 N–H and O–H groups in total. The Hall–Kier alpha value is -1.29. The fraction of sp³-hybridized carbons (Fsp3) is 0.412. The number of ether oxygens (including phenoxy) is 1. The van der Waals surface area contributed by atoms with Crippen LogP contribution < -0.4 is 10.1 Å². The number of rotatable bonds is 4. The standard InChI is InChI=1S/C17H22N2O.ClH/c1-14-13-19(9-8-18-14)10-11-20-17-7-6-15-4-2-3-5-16(15)12-17;/h2-7,12,14,18H,8-11,13H2,1H3;1H. The van der Waals surface area contributed by atoms with Gasteiger partial charge in [-0.2, -0.15) is 0 Å². The zero-order valence-electron chi connectivity index (χ0n) is 12.4. The van der Waals surface area contributed by atoms with Gasteiger partial charge in [-0.1, -0.05) is 30.3 Å². The van der Waals surface area contributed by atoms with E-state index in [2.05, 4.69) is 59.6 Å². The Kier molecular flexibility index (Phi) is 5.85. The maximum absolute atomic E-state index is 5.89. The lowest BCUT2D eigenvalue weighted by Gasteiger charge is -2.31. The van der Waals surface area contributed by atoms with Crippen LogP contribution in [0, 0.1) is 0 Å². The Morgan fingerprint density at radius 1 is 1.19 bits per heavy atom. The number of hydrogen-bond acceptors (Lipinski definition) is 3. The van der Waals surface area contributed by atoms with Crippen molar-refractivity contribution in [3.8, 4) is 5.75 Å². The molecule has 4 heteroatoms. The second-order valence-corrected chi connectivity index (χ2v) is 5.51. The minimum absolute atomic E-state index is 0. The Morgan fingerprint density at radius 3 is 2.81 bits per heavy atom. The van der Waals surface area contributed by atoms with Crippen molar-refractivity contribution in [3.05, 3.63) is 42.5 Å². The number of halogens is 1. The molecule has 1 unspecified atom stereocenters. The smallest absolute Gasteiger partial charge is 0.120 e. The highest BCUT2D eigenvalue weighted by Crippen LogP contribution is 2.20. The number of hydrogen-bond donors (Lipinski definition) is 1. The maximum Gasteiger partial charge on any atom is 0.120 e. The van der Waals surface area contributed by atoms with Crippen LogP contribution in [0.5, 0.6) is 5.75 Å². The summed E-state index contributed by atoms with van der Waals surface area (Å²) >= 11 is 0. The van der Waals surface area contributed by atoms with E-state index in [4.69, 9.17) is 4.74 Å². The van der Waals surface area contributed by atoms with Crippen LogP contribution >= 0.6 is 12.4 Å². The van der Waals surface area contributed by atoms with Gasteiger partial charge in [0.1, 0.15) is 12.4 Å². The van der Waals surface area contributed by atoms with Gasteiger partial charge in [0.15, 0.2) is 0 Å². The predicted octanol–water partition coefficient (Wildman–Crippen LogP) is 2.93. The molecule has 1 saturated heterocycles. The van der Waals surface area contributed by atoms with Gasteiger partial charge in [-0.3, -0.25) is 4.90 Å². The highest BCUT2D eigenvalue weighted by atomic mass is 35.5. The van der Waals surface area contributed by atoms with Crippen LogP contribution in [0.2, 0.25) is 0 Å². The SMILES string of the molecule is CC1CN(CCOc2ccc3ccccc3c2)CCN1.Cl. The van der Waals surface area contributed by atoms with Crippen LogP contribution in [0.4, 0.5) is 0 Å². The molecule has 1 heterocycles. The summed E-state index contributed by atoms with van der Waals surface area (Å²) in [6.07, 6.45) is 0. The quantitative estimate of drug-likeness (QED) is 0.940. The molecule has 0 amide bonds. The van der Waals surface area contributed by atoms with E-state index < -0.39 is 0 Å². The first-order chi connectivity index (χ1) is 9.81. The number of fused-ring (bicyclic) bond motifs is 1. The third kappa shape index (κ3) is 4.34. The van der Waals surface area contributed by atoms with Gasteiger partial charge < -0.3 is 10.1 Å². The van der Waals surface area contributed by atoms with Gasteiger partial charge in [-0.15, -0.1) is 12.4 Å². The first-order valence-corrected chi connectivity index (χ1v) is 7.38. The van der Waals surface area contributed by atoms with Crippen LogP contribution in [0.15, 0.2) is 42.5 Å². The molecule has 0 radical (unpaired) electrons. The second-order valence-electron chi connectivity index (χ2n) is 5.51. The molecule has 0 bridgehead atoms.